The lowest BCUT2D eigenvalue weighted by atomic mass is 10.2. The molecule has 0 radical (unpaired) electrons. The summed E-state index contributed by atoms with van der Waals surface area (Å²) in [5, 5.41) is 13.1. The van der Waals surface area contributed by atoms with E-state index in [4.69, 9.17) is 23.8 Å². The summed E-state index contributed by atoms with van der Waals surface area (Å²) in [7, 11) is 0. The first-order chi connectivity index (χ1) is 15.5. The van der Waals surface area contributed by atoms with Crippen molar-refractivity contribution in [2.45, 2.75) is 51.9 Å². The molecule has 3 rings (SSSR count). The van der Waals surface area contributed by atoms with Gasteiger partial charge in [-0.2, -0.15) is 0 Å². The van der Waals surface area contributed by atoms with Crippen molar-refractivity contribution in [1.29, 1.82) is 0 Å². The Morgan fingerprint density at radius 1 is 1.19 bits per heavy atom. The van der Waals surface area contributed by atoms with Crippen LogP contribution in [0, 0.1) is 0 Å². The largest absolute Gasteiger partial charge is 0.301 e. The van der Waals surface area contributed by atoms with Gasteiger partial charge in [-0.3, -0.25) is 14.5 Å². The van der Waals surface area contributed by atoms with Crippen LogP contribution in [-0.4, -0.2) is 37.8 Å². The van der Waals surface area contributed by atoms with Crippen LogP contribution in [0.15, 0.2) is 29.2 Å². The van der Waals surface area contributed by atoms with Crippen molar-refractivity contribution >= 4 is 74.3 Å². The highest BCUT2D eigenvalue weighted by Gasteiger charge is 2.31. The molecule has 2 amide bonds. The van der Waals surface area contributed by atoms with E-state index in [2.05, 4.69) is 22.4 Å². The zero-order valence-corrected chi connectivity index (χ0v) is 21.0. The molecule has 0 spiro atoms. The highest BCUT2D eigenvalue weighted by molar-refractivity contribution is 8.26. The van der Waals surface area contributed by atoms with Gasteiger partial charge in [-0.1, -0.05) is 78.8 Å². The van der Waals surface area contributed by atoms with Crippen LogP contribution in [0.3, 0.4) is 0 Å². The Morgan fingerprint density at radius 2 is 1.97 bits per heavy atom. The average molecular weight is 509 g/mol. The van der Waals surface area contributed by atoms with Gasteiger partial charge in [0.25, 0.3) is 5.91 Å². The average Bonchev–Trinajstić information content (AvgIpc) is 3.32. The number of anilines is 1. The third kappa shape index (κ3) is 7.37. The lowest BCUT2D eigenvalue weighted by Crippen LogP contribution is -2.29. The SMILES string of the molecule is CCCCc1nnc(NC(=O)CCCCCN2C(=O)/C(=C/c3ccc(Cl)cc3)SC2=S)s1. The highest BCUT2D eigenvalue weighted by Crippen LogP contribution is 2.33. The minimum Gasteiger partial charge on any atom is -0.301 e. The first-order valence-corrected chi connectivity index (χ1v) is 13.0. The number of aryl methyl sites for hydroxylation is 1. The Balaban J connectivity index is 1.37. The highest BCUT2D eigenvalue weighted by atomic mass is 35.5. The molecule has 10 heteroatoms. The monoisotopic (exact) mass is 508 g/mol. The molecule has 1 fully saturated rings. The van der Waals surface area contributed by atoms with Crippen molar-refractivity contribution in [3.8, 4) is 0 Å². The zero-order valence-electron chi connectivity index (χ0n) is 17.8. The van der Waals surface area contributed by atoms with E-state index in [0.717, 1.165) is 49.1 Å². The molecule has 0 saturated carbocycles. The van der Waals surface area contributed by atoms with Gasteiger partial charge in [-0.25, -0.2) is 0 Å². The second-order valence-electron chi connectivity index (χ2n) is 7.35. The Labute approximate surface area is 206 Å². The lowest BCUT2D eigenvalue weighted by Gasteiger charge is -2.13. The van der Waals surface area contributed by atoms with Crippen LogP contribution in [-0.2, 0) is 16.0 Å². The number of nitrogens with zero attached hydrogens (tertiary/aromatic N) is 3. The van der Waals surface area contributed by atoms with Crippen molar-refractivity contribution in [3.05, 3.63) is 44.8 Å². The number of amides is 2. The number of hydrogen-bond acceptors (Lipinski definition) is 7. The first-order valence-electron chi connectivity index (χ1n) is 10.6. The third-order valence-electron chi connectivity index (χ3n) is 4.78. The van der Waals surface area contributed by atoms with Crippen LogP contribution in [0.4, 0.5) is 5.13 Å². The summed E-state index contributed by atoms with van der Waals surface area (Å²) in [6.45, 7) is 2.69. The molecule has 1 aromatic carbocycles. The topological polar surface area (TPSA) is 75.2 Å². The standard InChI is InChI=1S/C22H25ClN4O2S3/c1-2-3-8-19-25-26-21(32-19)24-18(28)7-5-4-6-13-27-20(29)17(31-22(27)30)14-15-9-11-16(23)12-10-15/h9-12,14H,2-8,13H2,1H3,(H,24,26,28)/b17-14-. The molecular weight excluding hydrogens is 484 g/mol. The number of thiocarbonyl (C=S) groups is 1. The number of halogens is 1. The van der Waals surface area contributed by atoms with Crippen molar-refractivity contribution in [3.63, 3.8) is 0 Å². The summed E-state index contributed by atoms with van der Waals surface area (Å²) >= 11 is 14.0. The van der Waals surface area contributed by atoms with E-state index in [9.17, 15) is 9.59 Å². The quantitative estimate of drug-likeness (QED) is 0.230. The molecule has 1 N–H and O–H groups in total. The summed E-state index contributed by atoms with van der Waals surface area (Å²) in [6.07, 6.45) is 7.68. The number of thioether (sulfide) groups is 1. The normalized spacial score (nSPS) is 15.1. The Morgan fingerprint density at radius 3 is 2.72 bits per heavy atom. The van der Waals surface area contributed by atoms with Crippen molar-refractivity contribution in [1.82, 2.24) is 15.1 Å². The summed E-state index contributed by atoms with van der Waals surface area (Å²) < 4.78 is 0.572. The van der Waals surface area contributed by atoms with Crippen LogP contribution in [0.5, 0.6) is 0 Å². The number of unbranched alkanes of at least 4 members (excludes halogenated alkanes) is 3. The summed E-state index contributed by atoms with van der Waals surface area (Å²) in [6, 6.07) is 7.32. The maximum absolute atomic E-state index is 12.7. The van der Waals surface area contributed by atoms with E-state index in [1.54, 1.807) is 17.0 Å². The van der Waals surface area contributed by atoms with Gasteiger partial charge >= 0.3 is 0 Å². The third-order valence-corrected chi connectivity index (χ3v) is 7.31. The van der Waals surface area contributed by atoms with Crippen LogP contribution < -0.4 is 5.32 Å². The van der Waals surface area contributed by atoms with Crippen LogP contribution in [0.1, 0.15) is 56.0 Å². The van der Waals surface area contributed by atoms with Gasteiger partial charge in [0, 0.05) is 24.4 Å². The molecule has 2 aromatic rings. The fourth-order valence-corrected chi connectivity index (χ4v) is 5.28. The van der Waals surface area contributed by atoms with Crippen molar-refractivity contribution in [2.24, 2.45) is 0 Å². The summed E-state index contributed by atoms with van der Waals surface area (Å²) in [5.74, 6) is -0.123. The number of aromatic nitrogens is 2. The van der Waals surface area contributed by atoms with Gasteiger partial charge in [0.05, 0.1) is 4.91 Å². The predicted molar refractivity (Wildman–Crippen MR) is 137 cm³/mol. The van der Waals surface area contributed by atoms with E-state index in [1.165, 1.54) is 23.1 Å². The molecule has 0 aliphatic carbocycles. The second-order valence-corrected chi connectivity index (χ2v) is 10.5. The van der Waals surface area contributed by atoms with Gasteiger partial charge < -0.3 is 5.32 Å². The number of rotatable bonds is 11. The summed E-state index contributed by atoms with van der Waals surface area (Å²) in [5.41, 5.74) is 0.911. The molecule has 0 bridgehead atoms. The van der Waals surface area contributed by atoms with E-state index in [0.29, 0.717) is 32.3 Å². The molecule has 0 unspecified atom stereocenters. The molecular formula is C22H25ClN4O2S3. The molecule has 170 valence electrons. The first kappa shape index (κ1) is 24.8. The van der Waals surface area contributed by atoms with E-state index >= 15 is 0 Å². The maximum atomic E-state index is 12.7. The molecule has 6 nitrogen and oxygen atoms in total. The van der Waals surface area contributed by atoms with Crippen molar-refractivity contribution in [2.75, 3.05) is 11.9 Å². The molecule has 32 heavy (non-hydrogen) atoms. The molecule has 1 aliphatic rings. The predicted octanol–water partition coefficient (Wildman–Crippen LogP) is 5.93. The number of nitrogens with one attached hydrogen (secondary N) is 1. The number of carbonyl (C=O) groups excluding carboxylic acids is 2. The Hall–Kier alpha value is -1.81. The van der Waals surface area contributed by atoms with Gasteiger partial charge in [0.2, 0.25) is 11.0 Å². The van der Waals surface area contributed by atoms with Crippen LogP contribution in [0.25, 0.3) is 6.08 Å². The van der Waals surface area contributed by atoms with Gasteiger partial charge in [0.15, 0.2) is 0 Å². The maximum Gasteiger partial charge on any atom is 0.266 e. The van der Waals surface area contributed by atoms with E-state index in [1.807, 2.05) is 18.2 Å². The van der Waals surface area contributed by atoms with Crippen molar-refractivity contribution < 1.29 is 9.59 Å². The molecule has 1 aromatic heterocycles. The number of carbonyl (C=O) groups is 2. The van der Waals surface area contributed by atoms with Crippen LogP contribution in [0.2, 0.25) is 5.02 Å². The number of hydrogen-bond donors (Lipinski definition) is 1. The fraction of sp³-hybridized carbons (Fsp3) is 0.409. The molecule has 2 heterocycles. The Bertz CT molecular complexity index is 991. The van der Waals surface area contributed by atoms with Gasteiger partial charge in [0.1, 0.15) is 9.33 Å². The minimum atomic E-state index is -0.0668. The molecule has 0 atom stereocenters. The minimum absolute atomic E-state index is 0.0558. The van der Waals surface area contributed by atoms with E-state index in [-0.39, 0.29) is 11.8 Å². The van der Waals surface area contributed by atoms with Crippen LogP contribution >= 0.6 is 46.9 Å². The summed E-state index contributed by atoms with van der Waals surface area (Å²) in [4.78, 5) is 27.1. The van der Waals surface area contributed by atoms with Gasteiger partial charge in [-0.05, 0) is 43.0 Å². The second kappa shape index (κ2) is 12.4. The fourth-order valence-electron chi connectivity index (χ4n) is 3.05. The Kier molecular flexibility index (Phi) is 9.65. The smallest absolute Gasteiger partial charge is 0.266 e. The molecule has 1 saturated heterocycles. The lowest BCUT2D eigenvalue weighted by molar-refractivity contribution is -0.122. The number of benzene rings is 1. The zero-order chi connectivity index (χ0) is 22.9. The molecule has 1 aliphatic heterocycles. The van der Waals surface area contributed by atoms with Gasteiger partial charge in [-0.15, -0.1) is 10.2 Å². The van der Waals surface area contributed by atoms with E-state index < -0.39 is 0 Å².